The fraction of sp³-hybridized carbons (Fsp3) is 0.500. The van der Waals surface area contributed by atoms with Crippen LogP contribution in [-0.4, -0.2) is 5.78 Å². The predicted octanol–water partition coefficient (Wildman–Crippen LogP) is 3.77. The first kappa shape index (κ1) is 10.4. The zero-order chi connectivity index (χ0) is 11.0. The van der Waals surface area contributed by atoms with Crippen LogP contribution in [0.4, 0.5) is 0 Å². The summed E-state index contributed by atoms with van der Waals surface area (Å²) in [5.41, 5.74) is 4.82. The maximum atomic E-state index is 11.9. The lowest BCUT2D eigenvalue weighted by Gasteiger charge is -2.12. The lowest BCUT2D eigenvalue weighted by Crippen LogP contribution is -1.96. The number of ketones is 1. The van der Waals surface area contributed by atoms with E-state index in [1.54, 1.807) is 0 Å². The van der Waals surface area contributed by atoms with E-state index in [0.717, 1.165) is 24.8 Å². The normalized spacial score (nSPS) is 19.4. The number of fused-ring (bicyclic) bond motifs is 1. The van der Waals surface area contributed by atoms with Crippen molar-refractivity contribution in [1.82, 2.24) is 0 Å². The first-order valence-electron chi connectivity index (χ1n) is 5.77. The SMILES string of the molecule is CCCC1CC(=O)c2cc(C)cc(C)c21. The van der Waals surface area contributed by atoms with E-state index in [1.165, 1.54) is 16.7 Å². The van der Waals surface area contributed by atoms with Crippen LogP contribution in [0.25, 0.3) is 0 Å². The van der Waals surface area contributed by atoms with Gasteiger partial charge in [0.05, 0.1) is 0 Å². The summed E-state index contributed by atoms with van der Waals surface area (Å²) in [5.74, 6) is 0.827. The van der Waals surface area contributed by atoms with Crippen molar-refractivity contribution in [2.24, 2.45) is 0 Å². The Balaban J connectivity index is 2.50. The second-order valence-corrected chi connectivity index (χ2v) is 4.66. The molecule has 0 saturated carbocycles. The van der Waals surface area contributed by atoms with Crippen LogP contribution in [0.15, 0.2) is 12.1 Å². The Morgan fingerprint density at radius 3 is 2.73 bits per heavy atom. The number of carbonyl (C=O) groups is 1. The zero-order valence-corrected chi connectivity index (χ0v) is 9.76. The van der Waals surface area contributed by atoms with Crippen molar-refractivity contribution in [3.8, 4) is 0 Å². The van der Waals surface area contributed by atoms with Gasteiger partial charge in [0, 0.05) is 12.0 Å². The van der Waals surface area contributed by atoms with Crippen LogP contribution < -0.4 is 0 Å². The minimum absolute atomic E-state index is 0.343. The molecule has 1 unspecified atom stereocenters. The standard InChI is InChI=1S/C14H18O/c1-4-5-11-8-13(15)12-7-9(2)6-10(3)14(11)12/h6-7,11H,4-5,8H2,1-3H3. The minimum atomic E-state index is 0.343. The van der Waals surface area contributed by atoms with Gasteiger partial charge in [-0.25, -0.2) is 0 Å². The maximum Gasteiger partial charge on any atom is 0.163 e. The molecule has 1 aromatic rings. The van der Waals surface area contributed by atoms with E-state index in [0.29, 0.717) is 11.7 Å². The third-order valence-corrected chi connectivity index (χ3v) is 3.31. The molecule has 1 atom stereocenters. The summed E-state index contributed by atoms with van der Waals surface area (Å²) < 4.78 is 0. The lowest BCUT2D eigenvalue weighted by molar-refractivity contribution is 0.0988. The summed E-state index contributed by atoms with van der Waals surface area (Å²) in [7, 11) is 0. The van der Waals surface area contributed by atoms with Gasteiger partial charge in [0.15, 0.2) is 5.78 Å². The van der Waals surface area contributed by atoms with Crippen LogP contribution in [0.1, 0.15) is 59.2 Å². The van der Waals surface area contributed by atoms with E-state index >= 15 is 0 Å². The van der Waals surface area contributed by atoms with Gasteiger partial charge in [-0.1, -0.05) is 25.0 Å². The molecule has 1 nitrogen and oxygen atoms in total. The first-order valence-corrected chi connectivity index (χ1v) is 5.77. The van der Waals surface area contributed by atoms with E-state index in [-0.39, 0.29) is 0 Å². The Bertz CT molecular complexity index is 404. The van der Waals surface area contributed by atoms with Crippen molar-refractivity contribution in [3.05, 3.63) is 34.4 Å². The molecule has 0 saturated heterocycles. The van der Waals surface area contributed by atoms with Crippen molar-refractivity contribution in [1.29, 1.82) is 0 Å². The molecule has 1 aromatic carbocycles. The molecule has 0 spiro atoms. The zero-order valence-electron chi connectivity index (χ0n) is 9.76. The van der Waals surface area contributed by atoms with E-state index in [1.807, 2.05) is 0 Å². The third kappa shape index (κ3) is 1.71. The summed E-state index contributed by atoms with van der Waals surface area (Å²) in [5, 5.41) is 0. The fourth-order valence-corrected chi connectivity index (χ4v) is 2.78. The van der Waals surface area contributed by atoms with Crippen molar-refractivity contribution >= 4 is 5.78 Å². The van der Waals surface area contributed by atoms with Gasteiger partial charge in [0.25, 0.3) is 0 Å². The average Bonchev–Trinajstić information content (AvgIpc) is 2.44. The molecule has 15 heavy (non-hydrogen) atoms. The van der Waals surface area contributed by atoms with Crippen molar-refractivity contribution in [2.75, 3.05) is 0 Å². The number of carbonyl (C=O) groups excluding carboxylic acids is 1. The highest BCUT2D eigenvalue weighted by Crippen LogP contribution is 2.38. The van der Waals surface area contributed by atoms with Gasteiger partial charge in [-0.05, 0) is 43.4 Å². The highest BCUT2D eigenvalue weighted by molar-refractivity contribution is 6.01. The molecule has 0 fully saturated rings. The second-order valence-electron chi connectivity index (χ2n) is 4.66. The highest BCUT2D eigenvalue weighted by atomic mass is 16.1. The van der Waals surface area contributed by atoms with Gasteiger partial charge < -0.3 is 0 Å². The monoisotopic (exact) mass is 202 g/mol. The van der Waals surface area contributed by atoms with Gasteiger partial charge in [-0.15, -0.1) is 0 Å². The molecule has 1 aliphatic carbocycles. The van der Waals surface area contributed by atoms with E-state index in [9.17, 15) is 4.79 Å². The fourth-order valence-electron chi connectivity index (χ4n) is 2.78. The Morgan fingerprint density at radius 1 is 1.33 bits per heavy atom. The number of benzene rings is 1. The second kappa shape index (κ2) is 3.80. The molecule has 0 radical (unpaired) electrons. The molecule has 0 N–H and O–H groups in total. The number of hydrogen-bond acceptors (Lipinski definition) is 1. The molecule has 0 aromatic heterocycles. The highest BCUT2D eigenvalue weighted by Gasteiger charge is 2.29. The smallest absolute Gasteiger partial charge is 0.163 e. The molecule has 2 rings (SSSR count). The number of Topliss-reactive ketones (excluding diaryl/α,β-unsaturated/α-hetero) is 1. The summed E-state index contributed by atoms with van der Waals surface area (Å²) in [6.45, 7) is 6.38. The Hall–Kier alpha value is -1.11. The molecule has 0 bridgehead atoms. The molecular weight excluding hydrogens is 184 g/mol. The summed E-state index contributed by atoms with van der Waals surface area (Å²) >= 11 is 0. The van der Waals surface area contributed by atoms with Crippen LogP contribution in [0.5, 0.6) is 0 Å². The average molecular weight is 202 g/mol. The Labute approximate surface area is 91.5 Å². The van der Waals surface area contributed by atoms with E-state index in [4.69, 9.17) is 0 Å². The van der Waals surface area contributed by atoms with Crippen LogP contribution >= 0.6 is 0 Å². The lowest BCUT2D eigenvalue weighted by atomic mass is 9.92. The van der Waals surface area contributed by atoms with E-state index in [2.05, 4.69) is 32.9 Å². The molecule has 0 aliphatic heterocycles. The molecule has 0 heterocycles. The number of rotatable bonds is 2. The molecular formula is C14H18O. The number of aryl methyl sites for hydroxylation is 2. The quantitative estimate of drug-likeness (QED) is 0.713. The van der Waals surface area contributed by atoms with Crippen LogP contribution in [0.2, 0.25) is 0 Å². The van der Waals surface area contributed by atoms with Crippen molar-refractivity contribution in [3.63, 3.8) is 0 Å². The van der Waals surface area contributed by atoms with Crippen LogP contribution in [0, 0.1) is 13.8 Å². The first-order chi connectivity index (χ1) is 7.13. The van der Waals surface area contributed by atoms with Gasteiger partial charge in [0.1, 0.15) is 0 Å². The molecule has 0 amide bonds. The van der Waals surface area contributed by atoms with Gasteiger partial charge in [0.2, 0.25) is 0 Å². The minimum Gasteiger partial charge on any atom is -0.294 e. The summed E-state index contributed by atoms with van der Waals surface area (Å²) in [4.78, 5) is 11.9. The molecule has 1 aliphatic rings. The van der Waals surface area contributed by atoms with Gasteiger partial charge >= 0.3 is 0 Å². The van der Waals surface area contributed by atoms with Gasteiger partial charge in [-0.3, -0.25) is 4.79 Å². The Kier molecular flexibility index (Phi) is 2.64. The third-order valence-electron chi connectivity index (χ3n) is 3.31. The topological polar surface area (TPSA) is 17.1 Å². The number of hydrogen-bond donors (Lipinski definition) is 0. The summed E-state index contributed by atoms with van der Waals surface area (Å²) in [6.07, 6.45) is 3.03. The van der Waals surface area contributed by atoms with Crippen molar-refractivity contribution < 1.29 is 4.79 Å². The van der Waals surface area contributed by atoms with E-state index < -0.39 is 0 Å². The Morgan fingerprint density at radius 2 is 2.07 bits per heavy atom. The summed E-state index contributed by atoms with van der Waals surface area (Å²) in [6, 6.07) is 4.25. The van der Waals surface area contributed by atoms with Crippen LogP contribution in [0.3, 0.4) is 0 Å². The predicted molar refractivity (Wildman–Crippen MR) is 62.5 cm³/mol. The van der Waals surface area contributed by atoms with Gasteiger partial charge in [-0.2, -0.15) is 0 Å². The largest absolute Gasteiger partial charge is 0.294 e. The molecule has 1 heteroatoms. The van der Waals surface area contributed by atoms with Crippen LogP contribution in [-0.2, 0) is 0 Å². The maximum absolute atomic E-state index is 11.9. The molecule has 80 valence electrons. The van der Waals surface area contributed by atoms with Crippen molar-refractivity contribution in [2.45, 2.75) is 46.0 Å².